The predicted molar refractivity (Wildman–Crippen MR) is 59.7 cm³/mol. The summed E-state index contributed by atoms with van der Waals surface area (Å²) < 4.78 is 13.3. The Bertz CT molecular complexity index is 401. The van der Waals surface area contributed by atoms with Crippen molar-refractivity contribution in [2.45, 2.75) is 26.4 Å². The number of rotatable bonds is 2. The van der Waals surface area contributed by atoms with E-state index in [9.17, 15) is 9.18 Å². The smallest absolute Gasteiger partial charge is 0.268 e. The molecule has 0 aliphatic carbocycles. The summed E-state index contributed by atoms with van der Waals surface area (Å²) in [6, 6.07) is 3.75. The zero-order valence-electron chi connectivity index (χ0n) is 9.30. The van der Waals surface area contributed by atoms with Gasteiger partial charge in [-0.25, -0.2) is 9.87 Å². The Balaban J connectivity index is 2.77. The van der Waals surface area contributed by atoms with E-state index in [1.165, 1.54) is 12.1 Å². The quantitative estimate of drug-likeness (QED) is 0.814. The van der Waals surface area contributed by atoms with Crippen molar-refractivity contribution >= 4 is 17.5 Å². The van der Waals surface area contributed by atoms with Crippen molar-refractivity contribution in [1.82, 2.24) is 5.48 Å². The van der Waals surface area contributed by atoms with Crippen LogP contribution >= 0.6 is 11.6 Å². The molecule has 1 aromatic carbocycles. The first-order valence-electron chi connectivity index (χ1n) is 4.73. The lowest BCUT2D eigenvalue weighted by Gasteiger charge is -2.19. The molecule has 0 saturated carbocycles. The Labute approximate surface area is 98.5 Å². The van der Waals surface area contributed by atoms with Crippen LogP contribution in [-0.4, -0.2) is 11.5 Å². The van der Waals surface area contributed by atoms with E-state index in [4.69, 9.17) is 16.4 Å². The van der Waals surface area contributed by atoms with Gasteiger partial charge in [0.25, 0.3) is 5.91 Å². The third kappa shape index (κ3) is 3.79. The second-order valence-electron chi connectivity index (χ2n) is 4.27. The largest absolute Gasteiger partial charge is 0.277 e. The van der Waals surface area contributed by atoms with Crippen LogP contribution in [-0.2, 0) is 4.84 Å². The average Bonchev–Trinajstić information content (AvgIpc) is 2.17. The maximum Gasteiger partial charge on any atom is 0.277 e. The molecule has 0 saturated heterocycles. The van der Waals surface area contributed by atoms with Gasteiger partial charge in [0.1, 0.15) is 5.82 Å². The zero-order valence-corrected chi connectivity index (χ0v) is 10.1. The molecule has 0 unspecified atom stereocenters. The summed E-state index contributed by atoms with van der Waals surface area (Å²) in [5.74, 6) is -1.30. The van der Waals surface area contributed by atoms with Gasteiger partial charge in [-0.2, -0.15) is 0 Å². The van der Waals surface area contributed by atoms with Crippen LogP contribution in [0, 0.1) is 5.82 Å². The highest BCUT2D eigenvalue weighted by Gasteiger charge is 2.16. The molecule has 0 aliphatic heterocycles. The van der Waals surface area contributed by atoms with Gasteiger partial charge in [-0.3, -0.25) is 9.63 Å². The van der Waals surface area contributed by atoms with Crippen LogP contribution < -0.4 is 5.48 Å². The number of hydrogen-bond donors (Lipinski definition) is 1. The number of amides is 1. The fraction of sp³-hybridized carbons (Fsp3) is 0.364. The molecule has 88 valence electrons. The van der Waals surface area contributed by atoms with E-state index >= 15 is 0 Å². The number of hydroxylamine groups is 1. The zero-order chi connectivity index (χ0) is 12.3. The van der Waals surface area contributed by atoms with Crippen molar-refractivity contribution in [2.75, 3.05) is 0 Å². The minimum atomic E-state index is -0.657. The Kier molecular flexibility index (Phi) is 3.88. The van der Waals surface area contributed by atoms with Gasteiger partial charge in [-0.1, -0.05) is 11.6 Å². The first kappa shape index (κ1) is 12.9. The molecular weight excluding hydrogens is 233 g/mol. The van der Waals surface area contributed by atoms with Gasteiger partial charge >= 0.3 is 0 Å². The number of benzene rings is 1. The summed E-state index contributed by atoms with van der Waals surface area (Å²) in [4.78, 5) is 16.6. The molecule has 16 heavy (non-hydrogen) atoms. The molecule has 0 atom stereocenters. The van der Waals surface area contributed by atoms with Crippen LogP contribution in [0.25, 0.3) is 0 Å². The van der Waals surface area contributed by atoms with Crippen LogP contribution in [0.5, 0.6) is 0 Å². The van der Waals surface area contributed by atoms with Gasteiger partial charge in [0.2, 0.25) is 0 Å². The molecule has 0 heterocycles. The first-order valence-corrected chi connectivity index (χ1v) is 5.11. The van der Waals surface area contributed by atoms with E-state index in [0.717, 1.165) is 6.07 Å². The van der Waals surface area contributed by atoms with E-state index in [2.05, 4.69) is 5.48 Å². The van der Waals surface area contributed by atoms with E-state index in [-0.39, 0.29) is 5.56 Å². The highest BCUT2D eigenvalue weighted by atomic mass is 35.5. The number of hydrogen-bond acceptors (Lipinski definition) is 2. The average molecular weight is 246 g/mol. The molecule has 0 aromatic heterocycles. The maximum absolute atomic E-state index is 13.3. The standard InChI is InChI=1S/C11H13ClFNO2/c1-11(2,3)16-14-10(15)8-6-7(12)4-5-9(8)13/h4-6H,1-3H3,(H,14,15). The maximum atomic E-state index is 13.3. The van der Waals surface area contributed by atoms with Crippen molar-refractivity contribution in [1.29, 1.82) is 0 Å². The third-order valence-corrected chi connectivity index (χ3v) is 1.86. The van der Waals surface area contributed by atoms with Crippen LogP contribution in [0.4, 0.5) is 4.39 Å². The fourth-order valence-electron chi connectivity index (χ4n) is 0.926. The molecular formula is C11H13ClFNO2. The van der Waals surface area contributed by atoms with Crippen LogP contribution in [0.1, 0.15) is 31.1 Å². The number of halogens is 2. The van der Waals surface area contributed by atoms with Crippen molar-refractivity contribution < 1.29 is 14.0 Å². The van der Waals surface area contributed by atoms with E-state index < -0.39 is 17.3 Å². The summed E-state index contributed by atoms with van der Waals surface area (Å²) in [6.07, 6.45) is 0. The number of carbonyl (C=O) groups excluding carboxylic acids is 1. The monoisotopic (exact) mass is 245 g/mol. The van der Waals surface area contributed by atoms with Crippen molar-refractivity contribution in [2.24, 2.45) is 0 Å². The third-order valence-electron chi connectivity index (χ3n) is 1.62. The van der Waals surface area contributed by atoms with E-state index in [1.807, 2.05) is 0 Å². The molecule has 1 rings (SSSR count). The van der Waals surface area contributed by atoms with Crippen molar-refractivity contribution in [3.05, 3.63) is 34.6 Å². The summed E-state index contributed by atoms with van der Waals surface area (Å²) in [7, 11) is 0. The molecule has 1 amide bonds. The van der Waals surface area contributed by atoms with Gasteiger partial charge in [-0.15, -0.1) is 0 Å². The molecule has 0 bridgehead atoms. The first-order chi connectivity index (χ1) is 7.29. The molecule has 0 radical (unpaired) electrons. The summed E-state index contributed by atoms with van der Waals surface area (Å²) in [5.41, 5.74) is 1.49. The minimum Gasteiger partial charge on any atom is -0.268 e. The van der Waals surface area contributed by atoms with Gasteiger partial charge in [-0.05, 0) is 39.0 Å². The Hall–Kier alpha value is -1.13. The van der Waals surface area contributed by atoms with E-state index in [1.54, 1.807) is 20.8 Å². The SMILES string of the molecule is CC(C)(C)ONC(=O)c1cc(Cl)ccc1F. The highest BCUT2D eigenvalue weighted by Crippen LogP contribution is 2.15. The van der Waals surface area contributed by atoms with Crippen molar-refractivity contribution in [3.63, 3.8) is 0 Å². The topological polar surface area (TPSA) is 38.3 Å². The minimum absolute atomic E-state index is 0.142. The second kappa shape index (κ2) is 4.80. The summed E-state index contributed by atoms with van der Waals surface area (Å²) in [5, 5.41) is 0.294. The molecule has 3 nitrogen and oxygen atoms in total. The van der Waals surface area contributed by atoms with Gasteiger partial charge in [0, 0.05) is 5.02 Å². The van der Waals surface area contributed by atoms with Crippen molar-refractivity contribution in [3.8, 4) is 0 Å². The summed E-state index contributed by atoms with van der Waals surface area (Å²) in [6.45, 7) is 5.30. The second-order valence-corrected chi connectivity index (χ2v) is 4.71. The lowest BCUT2D eigenvalue weighted by molar-refractivity contribution is -0.0591. The molecule has 5 heteroatoms. The van der Waals surface area contributed by atoms with Crippen LogP contribution in [0.15, 0.2) is 18.2 Å². The lowest BCUT2D eigenvalue weighted by Crippen LogP contribution is -2.33. The van der Waals surface area contributed by atoms with E-state index in [0.29, 0.717) is 5.02 Å². The lowest BCUT2D eigenvalue weighted by atomic mass is 10.2. The van der Waals surface area contributed by atoms with Gasteiger partial charge in [0.15, 0.2) is 0 Å². The Morgan fingerprint density at radius 3 is 2.62 bits per heavy atom. The molecule has 1 N–H and O–H groups in total. The normalized spacial score (nSPS) is 11.3. The van der Waals surface area contributed by atoms with Gasteiger partial charge < -0.3 is 0 Å². The highest BCUT2D eigenvalue weighted by molar-refractivity contribution is 6.30. The number of nitrogens with one attached hydrogen (secondary N) is 1. The number of carbonyl (C=O) groups is 1. The Morgan fingerprint density at radius 2 is 2.06 bits per heavy atom. The molecule has 0 aliphatic rings. The van der Waals surface area contributed by atoms with Crippen LogP contribution in [0.3, 0.4) is 0 Å². The Morgan fingerprint density at radius 1 is 1.44 bits per heavy atom. The van der Waals surface area contributed by atoms with Crippen LogP contribution in [0.2, 0.25) is 5.02 Å². The molecule has 0 spiro atoms. The molecule has 1 aromatic rings. The summed E-state index contributed by atoms with van der Waals surface area (Å²) >= 11 is 5.66. The predicted octanol–water partition coefficient (Wildman–Crippen LogP) is 2.94. The fourth-order valence-corrected chi connectivity index (χ4v) is 1.10. The molecule has 0 fully saturated rings. The van der Waals surface area contributed by atoms with Gasteiger partial charge in [0.05, 0.1) is 11.2 Å².